The summed E-state index contributed by atoms with van der Waals surface area (Å²) in [5.41, 5.74) is 10.8. The lowest BCUT2D eigenvalue weighted by molar-refractivity contribution is -0.137. The number of carbonyl (C=O) groups excluding carboxylic acids is 2. The van der Waals surface area contributed by atoms with Gasteiger partial charge in [0, 0.05) is 23.6 Å². The molecule has 0 saturated carbocycles. The standard InChI is InChI=1S/C34H47NO5/c1-7-39-32(37)17-15-24-14-16-29(38-6)25(21-24)26-22-27-28(34(4,5)19-18-33(27,2)3)23-30(26)40-20-12-10-8-9-11-13-31(35)36/h14-17,21-23H,7-13,18-20H2,1-6H3,(H2,35,36). The molecular formula is C34H47NO5. The first kappa shape index (κ1) is 31.3. The molecule has 2 N–H and O–H groups in total. The average molecular weight is 550 g/mol. The molecule has 2 aromatic carbocycles. The number of benzene rings is 2. The fourth-order valence-electron chi connectivity index (χ4n) is 5.43. The van der Waals surface area contributed by atoms with Gasteiger partial charge in [0.05, 0.1) is 20.3 Å². The third kappa shape index (κ3) is 8.12. The molecule has 1 aliphatic rings. The van der Waals surface area contributed by atoms with Crippen LogP contribution in [0.4, 0.5) is 0 Å². The monoisotopic (exact) mass is 549 g/mol. The molecule has 1 aliphatic carbocycles. The van der Waals surface area contributed by atoms with Crippen molar-refractivity contribution < 1.29 is 23.8 Å². The molecule has 40 heavy (non-hydrogen) atoms. The lowest BCUT2D eigenvalue weighted by Gasteiger charge is -2.42. The smallest absolute Gasteiger partial charge is 0.330 e. The topological polar surface area (TPSA) is 87.8 Å². The van der Waals surface area contributed by atoms with Crippen LogP contribution in [0, 0.1) is 0 Å². The fourth-order valence-corrected chi connectivity index (χ4v) is 5.43. The van der Waals surface area contributed by atoms with Crippen molar-refractivity contribution in [2.45, 2.75) is 96.8 Å². The maximum absolute atomic E-state index is 11.9. The van der Waals surface area contributed by atoms with E-state index < -0.39 is 0 Å². The van der Waals surface area contributed by atoms with Crippen molar-refractivity contribution in [2.24, 2.45) is 5.73 Å². The molecule has 2 aromatic rings. The van der Waals surface area contributed by atoms with Gasteiger partial charge in [0.25, 0.3) is 0 Å². The third-order valence-electron chi connectivity index (χ3n) is 7.99. The Morgan fingerprint density at radius 2 is 1.50 bits per heavy atom. The minimum atomic E-state index is -0.365. The van der Waals surface area contributed by atoms with E-state index in [0.717, 1.165) is 73.1 Å². The van der Waals surface area contributed by atoms with E-state index in [2.05, 4.69) is 39.8 Å². The summed E-state index contributed by atoms with van der Waals surface area (Å²) in [7, 11) is 1.68. The maximum Gasteiger partial charge on any atom is 0.330 e. The number of esters is 1. The van der Waals surface area contributed by atoms with Crippen molar-refractivity contribution in [3.05, 3.63) is 53.1 Å². The van der Waals surface area contributed by atoms with Crippen LogP contribution in [0.1, 0.15) is 103 Å². The first-order chi connectivity index (χ1) is 19.0. The summed E-state index contributed by atoms with van der Waals surface area (Å²) in [4.78, 5) is 22.9. The number of hydrogen-bond acceptors (Lipinski definition) is 5. The molecule has 1 amide bonds. The summed E-state index contributed by atoms with van der Waals surface area (Å²) in [5.74, 6) is 1.00. The van der Waals surface area contributed by atoms with Gasteiger partial charge in [-0.05, 0) is 90.5 Å². The number of unbranched alkanes of at least 4 members (excludes halogenated alkanes) is 4. The van der Waals surface area contributed by atoms with Crippen LogP contribution in [-0.4, -0.2) is 32.2 Å². The zero-order valence-electron chi connectivity index (χ0n) is 25.2. The second-order valence-electron chi connectivity index (χ2n) is 12.0. The van der Waals surface area contributed by atoms with Gasteiger partial charge < -0.3 is 19.9 Å². The number of ether oxygens (including phenoxy) is 3. The van der Waals surface area contributed by atoms with Crippen LogP contribution in [0.5, 0.6) is 11.5 Å². The lowest BCUT2D eigenvalue weighted by atomic mass is 9.62. The van der Waals surface area contributed by atoms with Crippen molar-refractivity contribution in [2.75, 3.05) is 20.3 Å². The first-order valence-corrected chi connectivity index (χ1v) is 14.6. The van der Waals surface area contributed by atoms with Crippen molar-refractivity contribution in [3.63, 3.8) is 0 Å². The summed E-state index contributed by atoms with van der Waals surface area (Å²) < 4.78 is 17.4. The largest absolute Gasteiger partial charge is 0.496 e. The molecule has 3 rings (SSSR count). The Morgan fingerprint density at radius 3 is 2.15 bits per heavy atom. The van der Waals surface area contributed by atoms with Gasteiger partial charge >= 0.3 is 5.97 Å². The van der Waals surface area contributed by atoms with E-state index >= 15 is 0 Å². The summed E-state index contributed by atoms with van der Waals surface area (Å²) in [5, 5.41) is 0. The van der Waals surface area contributed by atoms with E-state index in [-0.39, 0.29) is 22.7 Å². The second kappa shape index (κ2) is 13.9. The lowest BCUT2D eigenvalue weighted by Crippen LogP contribution is -2.34. The zero-order valence-corrected chi connectivity index (χ0v) is 25.2. The van der Waals surface area contributed by atoms with E-state index in [4.69, 9.17) is 19.9 Å². The van der Waals surface area contributed by atoms with Crippen LogP contribution in [0.25, 0.3) is 17.2 Å². The zero-order chi connectivity index (χ0) is 29.3. The number of rotatable bonds is 14. The highest BCUT2D eigenvalue weighted by Crippen LogP contribution is 2.50. The molecule has 218 valence electrons. The van der Waals surface area contributed by atoms with Gasteiger partial charge in [0.15, 0.2) is 0 Å². The second-order valence-corrected chi connectivity index (χ2v) is 12.0. The summed E-state index contributed by atoms with van der Waals surface area (Å²) in [6.45, 7) is 12.0. The summed E-state index contributed by atoms with van der Waals surface area (Å²) in [6.07, 6.45) is 10.8. The van der Waals surface area contributed by atoms with E-state index in [9.17, 15) is 9.59 Å². The van der Waals surface area contributed by atoms with Gasteiger partial charge in [-0.15, -0.1) is 0 Å². The number of nitrogens with two attached hydrogens (primary N) is 1. The highest BCUT2D eigenvalue weighted by atomic mass is 16.5. The molecular weight excluding hydrogens is 502 g/mol. The predicted octanol–water partition coefficient (Wildman–Crippen LogP) is 7.49. The van der Waals surface area contributed by atoms with E-state index in [1.165, 1.54) is 17.2 Å². The van der Waals surface area contributed by atoms with Crippen LogP contribution >= 0.6 is 0 Å². The molecule has 0 fully saturated rings. The van der Waals surface area contributed by atoms with Crippen LogP contribution in [-0.2, 0) is 25.2 Å². The normalized spacial score (nSPS) is 15.4. The average Bonchev–Trinajstić information content (AvgIpc) is 2.91. The molecule has 0 spiro atoms. The number of methoxy groups -OCH3 is 1. The Morgan fingerprint density at radius 1 is 0.875 bits per heavy atom. The Labute approximate surface area is 240 Å². The van der Waals surface area contributed by atoms with E-state index in [0.29, 0.717) is 19.6 Å². The Kier molecular flexibility index (Phi) is 10.8. The molecule has 0 bridgehead atoms. The first-order valence-electron chi connectivity index (χ1n) is 14.6. The van der Waals surface area contributed by atoms with Gasteiger partial charge in [-0.1, -0.05) is 53.0 Å². The van der Waals surface area contributed by atoms with Crippen molar-refractivity contribution in [1.29, 1.82) is 0 Å². The number of fused-ring (bicyclic) bond motifs is 1. The molecule has 0 heterocycles. The van der Waals surface area contributed by atoms with Gasteiger partial charge in [0.1, 0.15) is 11.5 Å². The third-order valence-corrected chi connectivity index (χ3v) is 7.99. The maximum atomic E-state index is 11.9. The molecule has 6 heteroatoms. The van der Waals surface area contributed by atoms with Crippen LogP contribution in [0.15, 0.2) is 36.4 Å². The minimum Gasteiger partial charge on any atom is -0.496 e. The van der Waals surface area contributed by atoms with E-state index in [1.807, 2.05) is 18.2 Å². The van der Waals surface area contributed by atoms with Crippen LogP contribution < -0.4 is 15.2 Å². The number of carbonyl (C=O) groups is 2. The molecule has 0 atom stereocenters. The molecule has 6 nitrogen and oxygen atoms in total. The van der Waals surface area contributed by atoms with Gasteiger partial charge in [0.2, 0.25) is 5.91 Å². The predicted molar refractivity (Wildman–Crippen MR) is 162 cm³/mol. The fraction of sp³-hybridized carbons (Fsp3) is 0.529. The van der Waals surface area contributed by atoms with Crippen LogP contribution in [0.3, 0.4) is 0 Å². The van der Waals surface area contributed by atoms with Crippen LogP contribution in [0.2, 0.25) is 0 Å². The summed E-state index contributed by atoms with van der Waals surface area (Å²) >= 11 is 0. The highest BCUT2D eigenvalue weighted by molar-refractivity contribution is 5.88. The minimum absolute atomic E-state index is 0.0394. The van der Waals surface area contributed by atoms with Crippen molar-refractivity contribution in [1.82, 2.24) is 0 Å². The van der Waals surface area contributed by atoms with E-state index in [1.54, 1.807) is 20.1 Å². The molecule has 0 aliphatic heterocycles. The van der Waals surface area contributed by atoms with Crippen molar-refractivity contribution in [3.8, 4) is 22.6 Å². The molecule has 0 unspecified atom stereocenters. The Balaban J connectivity index is 1.96. The quantitative estimate of drug-likeness (QED) is 0.150. The molecule has 0 saturated heterocycles. The number of amides is 1. The van der Waals surface area contributed by atoms with Gasteiger partial charge in [-0.25, -0.2) is 4.79 Å². The molecule has 0 aromatic heterocycles. The van der Waals surface area contributed by atoms with Crippen molar-refractivity contribution >= 4 is 18.0 Å². The highest BCUT2D eigenvalue weighted by Gasteiger charge is 2.38. The summed E-state index contributed by atoms with van der Waals surface area (Å²) in [6, 6.07) is 10.5. The SMILES string of the molecule is CCOC(=O)C=Cc1ccc(OC)c(-c2cc3c(cc2OCCCCCCCC(N)=O)C(C)(C)CCC3(C)C)c1. The number of hydrogen-bond donors (Lipinski definition) is 1. The molecule has 0 radical (unpaired) electrons. The Bertz CT molecular complexity index is 1210. The number of primary amides is 1. The van der Waals surface area contributed by atoms with Gasteiger partial charge in [-0.2, -0.15) is 0 Å². The van der Waals surface area contributed by atoms with Gasteiger partial charge in [-0.3, -0.25) is 4.79 Å². The Hall–Kier alpha value is -3.28.